The van der Waals surface area contributed by atoms with Crippen LogP contribution >= 0.6 is 22.9 Å². The first-order valence-corrected chi connectivity index (χ1v) is 11.7. The summed E-state index contributed by atoms with van der Waals surface area (Å²) in [5.74, 6) is 0. The second-order valence-corrected chi connectivity index (χ2v) is 10.1. The zero-order valence-electron chi connectivity index (χ0n) is 16.0. The Bertz CT molecular complexity index is 1220. The molecule has 0 aliphatic rings. The van der Waals surface area contributed by atoms with E-state index in [1.807, 2.05) is 36.6 Å². The van der Waals surface area contributed by atoms with Crippen LogP contribution in [0.2, 0.25) is 5.02 Å². The number of hydrogen-bond donors (Lipinski definition) is 0. The number of benzene rings is 2. The maximum Gasteiger partial charge on any atom is 0.243 e. The van der Waals surface area contributed by atoms with Crippen molar-refractivity contribution in [3.8, 4) is 5.69 Å². The maximum atomic E-state index is 13.5. The van der Waals surface area contributed by atoms with Crippen LogP contribution in [0.1, 0.15) is 16.0 Å². The fourth-order valence-electron chi connectivity index (χ4n) is 3.06. The van der Waals surface area contributed by atoms with Gasteiger partial charge >= 0.3 is 0 Å². The summed E-state index contributed by atoms with van der Waals surface area (Å²) >= 11 is 7.50. The highest BCUT2D eigenvalue weighted by molar-refractivity contribution is 7.89. The Kier molecular flexibility index (Phi) is 5.96. The van der Waals surface area contributed by atoms with E-state index in [2.05, 4.69) is 15.5 Å². The average molecular weight is 460 g/mol. The van der Waals surface area contributed by atoms with E-state index in [0.717, 1.165) is 21.7 Å². The van der Waals surface area contributed by atoms with Crippen molar-refractivity contribution in [1.29, 1.82) is 0 Å². The van der Waals surface area contributed by atoms with E-state index in [-0.39, 0.29) is 18.0 Å². The Hall–Kier alpha value is -2.59. The van der Waals surface area contributed by atoms with Gasteiger partial charge in [-0.1, -0.05) is 29.8 Å². The standard InChI is InChI=1S/C20H18ClN5O2S2/c1-15-11-19(8-9-20(15)26-14-22-23-24-26)30(27,28)25(13-18-3-2-10-29-18)12-16-4-6-17(21)7-5-16/h2-11,14H,12-13H2,1H3. The SMILES string of the molecule is Cc1cc(S(=O)(=O)N(Cc2ccc(Cl)cc2)Cc2cccs2)ccc1-n1cnnn1. The highest BCUT2D eigenvalue weighted by Gasteiger charge is 2.26. The van der Waals surface area contributed by atoms with Gasteiger partial charge in [-0.3, -0.25) is 0 Å². The summed E-state index contributed by atoms with van der Waals surface area (Å²) in [6, 6.07) is 16.0. The monoisotopic (exact) mass is 459 g/mol. The fourth-order valence-corrected chi connectivity index (χ4v) is 5.48. The van der Waals surface area contributed by atoms with Gasteiger partial charge in [0.1, 0.15) is 6.33 Å². The quantitative estimate of drug-likeness (QED) is 0.416. The molecule has 0 spiro atoms. The van der Waals surface area contributed by atoms with Crippen LogP contribution in [0.3, 0.4) is 0 Å². The zero-order chi connectivity index (χ0) is 21.1. The lowest BCUT2D eigenvalue weighted by Crippen LogP contribution is -2.30. The number of hydrogen-bond acceptors (Lipinski definition) is 6. The number of tetrazole rings is 1. The Labute approximate surface area is 183 Å². The lowest BCUT2D eigenvalue weighted by atomic mass is 10.2. The first-order chi connectivity index (χ1) is 14.4. The van der Waals surface area contributed by atoms with E-state index in [1.54, 1.807) is 30.3 Å². The molecule has 0 unspecified atom stereocenters. The summed E-state index contributed by atoms with van der Waals surface area (Å²) in [5, 5.41) is 13.7. The predicted octanol–water partition coefficient (Wildman–Crippen LogP) is 4.08. The van der Waals surface area contributed by atoms with Crippen LogP contribution < -0.4 is 0 Å². The number of aryl methyl sites for hydroxylation is 1. The number of nitrogens with zero attached hydrogens (tertiary/aromatic N) is 5. The Morgan fingerprint density at radius 3 is 2.53 bits per heavy atom. The zero-order valence-corrected chi connectivity index (χ0v) is 18.4. The lowest BCUT2D eigenvalue weighted by Gasteiger charge is -2.22. The van der Waals surface area contributed by atoms with Crippen molar-refractivity contribution in [2.24, 2.45) is 0 Å². The first kappa shape index (κ1) is 20.7. The van der Waals surface area contributed by atoms with Crippen LogP contribution in [0, 0.1) is 6.92 Å². The molecule has 0 saturated heterocycles. The van der Waals surface area contributed by atoms with Crippen LogP contribution in [-0.4, -0.2) is 32.9 Å². The number of halogens is 1. The van der Waals surface area contributed by atoms with E-state index in [1.165, 1.54) is 26.7 Å². The molecule has 0 amide bonds. The molecule has 2 aromatic carbocycles. The van der Waals surface area contributed by atoms with E-state index in [0.29, 0.717) is 5.02 Å². The van der Waals surface area contributed by atoms with Crippen molar-refractivity contribution >= 4 is 33.0 Å². The third-order valence-corrected chi connectivity index (χ3v) is 7.49. The molecule has 0 radical (unpaired) electrons. The predicted molar refractivity (Wildman–Crippen MR) is 116 cm³/mol. The molecule has 0 N–H and O–H groups in total. The molecule has 30 heavy (non-hydrogen) atoms. The van der Waals surface area contributed by atoms with Crippen LogP contribution in [-0.2, 0) is 23.1 Å². The number of sulfonamides is 1. The van der Waals surface area contributed by atoms with Gasteiger partial charge in [-0.05, 0) is 70.3 Å². The minimum Gasteiger partial charge on any atom is -0.207 e. The summed E-state index contributed by atoms with van der Waals surface area (Å²) in [6.07, 6.45) is 1.47. The molecule has 0 aliphatic heterocycles. The molecular weight excluding hydrogens is 442 g/mol. The van der Waals surface area contributed by atoms with E-state index >= 15 is 0 Å². The van der Waals surface area contributed by atoms with Crippen molar-refractivity contribution in [1.82, 2.24) is 24.5 Å². The topological polar surface area (TPSA) is 81.0 Å². The Morgan fingerprint density at radius 2 is 1.90 bits per heavy atom. The highest BCUT2D eigenvalue weighted by atomic mass is 35.5. The summed E-state index contributed by atoms with van der Waals surface area (Å²) in [7, 11) is -3.75. The van der Waals surface area contributed by atoms with Gasteiger partial charge in [0.05, 0.1) is 10.6 Å². The van der Waals surface area contributed by atoms with Gasteiger partial charge < -0.3 is 0 Å². The second-order valence-electron chi connectivity index (χ2n) is 6.68. The average Bonchev–Trinajstić information content (AvgIpc) is 3.43. The molecular formula is C20H18ClN5O2S2. The number of thiophene rings is 1. The van der Waals surface area contributed by atoms with Crippen LogP contribution in [0.15, 0.2) is 71.2 Å². The van der Waals surface area contributed by atoms with Crippen molar-refractivity contribution in [3.63, 3.8) is 0 Å². The van der Waals surface area contributed by atoms with Gasteiger partial charge in [0, 0.05) is 23.0 Å². The maximum absolute atomic E-state index is 13.5. The first-order valence-electron chi connectivity index (χ1n) is 9.04. The largest absolute Gasteiger partial charge is 0.243 e. The molecule has 4 aromatic rings. The molecule has 154 valence electrons. The minimum atomic E-state index is -3.75. The molecule has 0 bridgehead atoms. The van der Waals surface area contributed by atoms with Gasteiger partial charge in [-0.25, -0.2) is 13.1 Å². The van der Waals surface area contributed by atoms with Crippen LogP contribution in [0.4, 0.5) is 0 Å². The highest BCUT2D eigenvalue weighted by Crippen LogP contribution is 2.26. The number of aromatic nitrogens is 4. The molecule has 0 atom stereocenters. The van der Waals surface area contributed by atoms with Gasteiger partial charge in [0.2, 0.25) is 10.0 Å². The molecule has 4 rings (SSSR count). The molecule has 2 heterocycles. The van der Waals surface area contributed by atoms with Crippen LogP contribution in [0.25, 0.3) is 5.69 Å². The van der Waals surface area contributed by atoms with Crippen molar-refractivity contribution in [3.05, 3.63) is 87.3 Å². The van der Waals surface area contributed by atoms with E-state index in [9.17, 15) is 8.42 Å². The molecule has 7 nitrogen and oxygen atoms in total. The Morgan fingerprint density at radius 1 is 1.10 bits per heavy atom. The fraction of sp³-hybridized carbons (Fsp3) is 0.150. The molecule has 10 heteroatoms. The van der Waals surface area contributed by atoms with E-state index < -0.39 is 10.0 Å². The smallest absolute Gasteiger partial charge is 0.207 e. The molecule has 0 fully saturated rings. The van der Waals surface area contributed by atoms with E-state index in [4.69, 9.17) is 11.6 Å². The summed E-state index contributed by atoms with van der Waals surface area (Å²) in [5.41, 5.74) is 2.34. The summed E-state index contributed by atoms with van der Waals surface area (Å²) in [6.45, 7) is 2.36. The second kappa shape index (κ2) is 8.65. The van der Waals surface area contributed by atoms with Crippen molar-refractivity contribution in [2.45, 2.75) is 24.9 Å². The van der Waals surface area contributed by atoms with Gasteiger partial charge in [0.25, 0.3) is 0 Å². The van der Waals surface area contributed by atoms with Crippen LogP contribution in [0.5, 0.6) is 0 Å². The molecule has 0 aliphatic carbocycles. The molecule has 2 aromatic heterocycles. The third-order valence-electron chi connectivity index (χ3n) is 4.59. The van der Waals surface area contributed by atoms with Gasteiger partial charge in [0.15, 0.2) is 0 Å². The van der Waals surface area contributed by atoms with Gasteiger partial charge in [-0.2, -0.15) is 4.31 Å². The molecule has 0 saturated carbocycles. The number of rotatable bonds is 7. The lowest BCUT2D eigenvalue weighted by molar-refractivity contribution is 0.404. The third kappa shape index (κ3) is 4.44. The summed E-state index contributed by atoms with van der Waals surface area (Å²) in [4.78, 5) is 1.19. The normalized spacial score (nSPS) is 11.8. The van der Waals surface area contributed by atoms with Crippen molar-refractivity contribution < 1.29 is 8.42 Å². The summed E-state index contributed by atoms with van der Waals surface area (Å²) < 4.78 is 30.1. The van der Waals surface area contributed by atoms with Crippen molar-refractivity contribution in [2.75, 3.05) is 0 Å². The Balaban J connectivity index is 1.69. The minimum absolute atomic E-state index is 0.224. The van der Waals surface area contributed by atoms with Gasteiger partial charge in [-0.15, -0.1) is 16.4 Å².